The Kier molecular flexibility index (Phi) is 26.3. The Morgan fingerprint density at radius 1 is 0.361 bits per heavy atom. The van der Waals surface area contributed by atoms with Gasteiger partial charge in [0.25, 0.3) is 0 Å². The summed E-state index contributed by atoms with van der Waals surface area (Å²) in [6.45, 7) is 0.0966. The maximum absolute atomic E-state index is 13.8. The van der Waals surface area contributed by atoms with Crippen molar-refractivity contribution in [1.82, 2.24) is 0 Å². The van der Waals surface area contributed by atoms with E-state index >= 15 is 0 Å². The standard InChI is InChI=1S/C29H30O7P2.C14H15O4P.CH2I2.Ag/c30-37(32-21-26-13-5-1-6-14-26,33-22-27-15-7-2-8-16-27)25-36-38(31,34-23-28-17-9-3-10-18-28)35-24-29-19-11-4-12-20-29;15-19(16,17-11-13-7-3-1-4-8-13)18-12-14-9-5-2-6-10-14;2-1-3;/h1-20H,21-25H2;1-10H,11-12H2,(H,15,16);1H2;. The van der Waals surface area contributed by atoms with Gasteiger partial charge in [-0.15, -0.1) is 0 Å². The molecule has 0 unspecified atom stereocenters. The zero-order valence-corrected chi connectivity index (χ0v) is 41.4. The summed E-state index contributed by atoms with van der Waals surface area (Å²) in [5.74, 6) is 0. The molecular weight excluding hydrogens is 1160 g/mol. The summed E-state index contributed by atoms with van der Waals surface area (Å²) in [6.07, 6.45) is -0.618. The number of alkyl halides is 2. The molecule has 61 heavy (non-hydrogen) atoms. The Labute approximate surface area is 401 Å². The largest absolute Gasteiger partial charge is 0.476 e. The predicted molar refractivity (Wildman–Crippen MR) is 251 cm³/mol. The van der Waals surface area contributed by atoms with Gasteiger partial charge in [0.1, 0.15) is 0 Å². The maximum Gasteiger partial charge on any atom is 0.476 e. The summed E-state index contributed by atoms with van der Waals surface area (Å²) in [7, 11) is -12.1. The smallest absolute Gasteiger partial charge is 0.302 e. The van der Waals surface area contributed by atoms with Crippen LogP contribution in [0.15, 0.2) is 182 Å². The second-order valence-electron chi connectivity index (χ2n) is 12.4. The maximum atomic E-state index is 13.8. The van der Waals surface area contributed by atoms with Crippen LogP contribution in [-0.4, -0.2) is 13.7 Å². The molecular formula is C44H47AgI2O11P3. The molecule has 0 fully saturated rings. The van der Waals surface area contributed by atoms with Crippen LogP contribution in [0.4, 0.5) is 0 Å². The van der Waals surface area contributed by atoms with E-state index in [1.807, 2.05) is 182 Å². The van der Waals surface area contributed by atoms with Gasteiger partial charge in [-0.3, -0.25) is 27.2 Å². The molecule has 0 heterocycles. The molecule has 17 heteroatoms. The predicted octanol–water partition coefficient (Wildman–Crippen LogP) is 13.5. The minimum Gasteiger partial charge on any atom is -0.302 e. The van der Waals surface area contributed by atoms with Gasteiger partial charge in [0.2, 0.25) is 0 Å². The second kappa shape index (κ2) is 30.1. The Morgan fingerprint density at radius 2 is 0.574 bits per heavy atom. The molecule has 329 valence electrons. The van der Waals surface area contributed by atoms with Crippen LogP contribution >= 0.6 is 68.4 Å². The first kappa shape index (κ1) is 53.2. The van der Waals surface area contributed by atoms with Gasteiger partial charge in [-0.2, -0.15) is 0 Å². The van der Waals surface area contributed by atoms with Crippen LogP contribution in [0.5, 0.6) is 0 Å². The van der Waals surface area contributed by atoms with E-state index in [2.05, 4.69) is 45.2 Å². The topological polar surface area (TPSA) is 136 Å². The van der Waals surface area contributed by atoms with Crippen molar-refractivity contribution in [1.29, 1.82) is 0 Å². The van der Waals surface area contributed by atoms with E-state index < -0.39 is 29.6 Å². The molecule has 0 aliphatic carbocycles. The Hall–Kier alpha value is -2.11. The summed E-state index contributed by atoms with van der Waals surface area (Å²) in [4.78, 5) is 9.55. The molecule has 1 N–H and O–H groups in total. The molecule has 0 saturated heterocycles. The first-order valence-electron chi connectivity index (χ1n) is 18.5. The third-order valence-corrected chi connectivity index (χ3v) is 11.8. The summed E-state index contributed by atoms with van der Waals surface area (Å²) in [5.41, 5.74) is 4.81. The van der Waals surface area contributed by atoms with Crippen molar-refractivity contribution in [2.45, 2.75) is 39.6 Å². The van der Waals surface area contributed by atoms with Crippen LogP contribution in [0.1, 0.15) is 33.4 Å². The third kappa shape index (κ3) is 22.9. The van der Waals surface area contributed by atoms with Crippen molar-refractivity contribution in [3.05, 3.63) is 215 Å². The molecule has 0 atom stereocenters. The number of hydrogen-bond donors (Lipinski definition) is 1. The Bertz CT molecular complexity index is 1940. The van der Waals surface area contributed by atoms with Crippen molar-refractivity contribution in [2.24, 2.45) is 0 Å². The Balaban J connectivity index is 0.000000361. The number of phosphoric ester groups is 2. The van der Waals surface area contributed by atoms with E-state index in [0.29, 0.717) is 0 Å². The molecule has 0 spiro atoms. The molecule has 0 saturated carbocycles. The van der Waals surface area contributed by atoms with Gasteiger partial charge in [0, 0.05) is 22.4 Å². The van der Waals surface area contributed by atoms with Crippen LogP contribution in [0, 0.1) is 0 Å². The van der Waals surface area contributed by atoms with E-state index in [-0.39, 0.29) is 62.0 Å². The van der Waals surface area contributed by atoms with E-state index in [0.717, 1.165) is 33.4 Å². The van der Waals surface area contributed by atoms with Crippen LogP contribution in [-0.2, 0) is 107 Å². The fraction of sp³-hybridized carbons (Fsp3) is 0.182. The van der Waals surface area contributed by atoms with E-state index in [1.54, 1.807) is 0 Å². The summed E-state index contributed by atoms with van der Waals surface area (Å²) < 4.78 is 78.5. The monoisotopic (exact) mass is 1200 g/mol. The molecule has 11 nitrogen and oxygen atoms in total. The number of rotatable bonds is 21. The first-order chi connectivity index (χ1) is 29.1. The minimum atomic E-state index is -4.17. The summed E-state index contributed by atoms with van der Waals surface area (Å²) >= 11 is 4.55. The molecule has 0 aliphatic rings. The molecule has 0 bridgehead atoms. The van der Waals surface area contributed by atoms with Crippen LogP contribution < -0.4 is 0 Å². The molecule has 6 aromatic rings. The number of benzene rings is 6. The van der Waals surface area contributed by atoms with E-state index in [9.17, 15) is 18.6 Å². The molecule has 6 rings (SSSR count). The fourth-order valence-electron chi connectivity index (χ4n) is 4.81. The van der Waals surface area contributed by atoms with E-state index in [4.69, 9.17) is 31.7 Å². The summed E-state index contributed by atoms with van der Waals surface area (Å²) in [6, 6.07) is 55.4. The van der Waals surface area contributed by atoms with Crippen molar-refractivity contribution in [3.8, 4) is 0 Å². The summed E-state index contributed by atoms with van der Waals surface area (Å²) in [5, 5.41) is 0. The minimum absolute atomic E-state index is 0. The molecule has 0 amide bonds. The van der Waals surface area contributed by atoms with Crippen molar-refractivity contribution >= 4 is 68.4 Å². The van der Waals surface area contributed by atoms with Gasteiger partial charge in [-0.1, -0.05) is 227 Å². The van der Waals surface area contributed by atoms with E-state index in [1.165, 1.54) is 2.43 Å². The van der Waals surface area contributed by atoms with Crippen molar-refractivity contribution in [3.63, 3.8) is 0 Å². The molecule has 0 aliphatic heterocycles. The van der Waals surface area contributed by atoms with Crippen LogP contribution in [0.3, 0.4) is 0 Å². The van der Waals surface area contributed by atoms with Crippen LogP contribution in [0.2, 0.25) is 0 Å². The van der Waals surface area contributed by atoms with Crippen molar-refractivity contribution in [2.75, 3.05) is 8.78 Å². The van der Waals surface area contributed by atoms with Gasteiger partial charge in [0.15, 0.2) is 6.35 Å². The number of hydrogen-bond acceptors (Lipinski definition) is 10. The SMILES string of the molecule is ICI.O=P(COP(=O)(OCc1ccccc1)OCc1ccccc1)(OCc1ccccc1)OCc1ccccc1.O=P(O)(OCc1ccccc1)OCc1ccccc1.[Ag]. The van der Waals surface area contributed by atoms with Gasteiger partial charge < -0.3 is 13.9 Å². The normalized spacial score (nSPS) is 11.3. The number of halogens is 2. The second-order valence-corrected chi connectivity index (χ2v) is 22.0. The molecule has 1 radical (unpaired) electrons. The zero-order valence-electron chi connectivity index (χ0n) is 32.9. The quantitative estimate of drug-likeness (QED) is 0.0319. The number of phosphoric acid groups is 2. The zero-order chi connectivity index (χ0) is 42.8. The molecule has 6 aromatic carbocycles. The average Bonchev–Trinajstić information content (AvgIpc) is 3.30. The Morgan fingerprint density at radius 3 is 0.820 bits per heavy atom. The van der Waals surface area contributed by atoms with Crippen molar-refractivity contribution < 1.29 is 72.6 Å². The van der Waals surface area contributed by atoms with Gasteiger partial charge in [-0.05, 0) is 33.4 Å². The van der Waals surface area contributed by atoms with Gasteiger partial charge in [-0.25, -0.2) is 9.13 Å². The van der Waals surface area contributed by atoms with Crippen LogP contribution in [0.25, 0.3) is 0 Å². The van der Waals surface area contributed by atoms with Gasteiger partial charge >= 0.3 is 23.2 Å². The molecule has 0 aromatic heterocycles. The fourth-order valence-corrected chi connectivity index (χ4v) is 8.40. The average molecular weight is 1210 g/mol. The van der Waals surface area contributed by atoms with Gasteiger partial charge in [0.05, 0.1) is 42.1 Å². The first-order valence-corrected chi connectivity index (χ1v) is 26.2. The third-order valence-electron chi connectivity index (χ3n) is 7.85.